The summed E-state index contributed by atoms with van der Waals surface area (Å²) in [4.78, 5) is 4.01. The molecular weight excluding hydrogens is 218 g/mol. The van der Waals surface area contributed by atoms with Crippen LogP contribution in [0.2, 0.25) is 0 Å². The van der Waals surface area contributed by atoms with E-state index in [-0.39, 0.29) is 0 Å². The van der Waals surface area contributed by atoms with Crippen LogP contribution in [0.25, 0.3) is 10.9 Å². The molecule has 0 bridgehead atoms. The van der Waals surface area contributed by atoms with Gasteiger partial charge in [-0.2, -0.15) is 0 Å². The van der Waals surface area contributed by atoms with Crippen molar-refractivity contribution in [3.05, 3.63) is 22.9 Å². The molecule has 0 atom stereocenters. The highest BCUT2D eigenvalue weighted by Crippen LogP contribution is 2.22. The van der Waals surface area contributed by atoms with E-state index in [1.165, 1.54) is 0 Å². The molecule has 0 saturated heterocycles. The van der Waals surface area contributed by atoms with Crippen molar-refractivity contribution in [1.29, 1.82) is 0 Å². The number of nitrogens with two attached hydrogens (primary N) is 1. The van der Waals surface area contributed by atoms with Crippen LogP contribution in [0, 0.1) is 0 Å². The summed E-state index contributed by atoms with van der Waals surface area (Å²) in [5.41, 5.74) is 6.65. The van der Waals surface area contributed by atoms with E-state index in [1.54, 1.807) is 6.20 Å². The van der Waals surface area contributed by atoms with Gasteiger partial charge in [0.15, 0.2) is 0 Å². The molecule has 62 valence electrons. The van der Waals surface area contributed by atoms with E-state index in [2.05, 4.69) is 20.9 Å². The molecule has 2 rings (SSSR count). The minimum atomic E-state index is 0.552. The van der Waals surface area contributed by atoms with Crippen molar-refractivity contribution in [3.63, 3.8) is 0 Å². The highest BCUT2D eigenvalue weighted by atomic mass is 79.9. The fraction of sp³-hybridized carbons (Fsp3) is 0.125. The van der Waals surface area contributed by atoms with Crippen molar-refractivity contribution in [2.75, 3.05) is 5.73 Å². The van der Waals surface area contributed by atoms with Gasteiger partial charge in [0, 0.05) is 24.7 Å². The van der Waals surface area contributed by atoms with E-state index in [0.29, 0.717) is 5.82 Å². The van der Waals surface area contributed by atoms with Crippen LogP contribution < -0.4 is 5.73 Å². The first-order chi connectivity index (χ1) is 5.68. The van der Waals surface area contributed by atoms with Crippen LogP contribution in [-0.2, 0) is 7.05 Å². The Labute approximate surface area is 78.3 Å². The summed E-state index contributed by atoms with van der Waals surface area (Å²) in [5.74, 6) is 0.552. The summed E-state index contributed by atoms with van der Waals surface area (Å²) in [6.45, 7) is 0. The fourth-order valence-corrected chi connectivity index (χ4v) is 1.65. The average Bonchev–Trinajstić information content (AvgIpc) is 2.31. The first-order valence-electron chi connectivity index (χ1n) is 3.55. The molecule has 3 nitrogen and oxygen atoms in total. The Morgan fingerprint density at radius 3 is 3.00 bits per heavy atom. The van der Waals surface area contributed by atoms with Crippen LogP contribution in [0.1, 0.15) is 0 Å². The van der Waals surface area contributed by atoms with E-state index in [1.807, 2.05) is 23.7 Å². The van der Waals surface area contributed by atoms with Crippen LogP contribution in [0.5, 0.6) is 0 Å². The first-order valence-corrected chi connectivity index (χ1v) is 4.34. The molecule has 0 aromatic carbocycles. The predicted octanol–water partition coefficient (Wildman–Crippen LogP) is 1.92. The monoisotopic (exact) mass is 225 g/mol. The van der Waals surface area contributed by atoms with Gasteiger partial charge in [0.1, 0.15) is 5.82 Å². The van der Waals surface area contributed by atoms with Gasteiger partial charge in [-0.1, -0.05) is 0 Å². The number of halogens is 1. The van der Waals surface area contributed by atoms with Crippen molar-refractivity contribution in [3.8, 4) is 0 Å². The van der Waals surface area contributed by atoms with E-state index in [0.717, 1.165) is 15.5 Å². The Hall–Kier alpha value is -1.03. The number of pyridine rings is 1. The van der Waals surface area contributed by atoms with Crippen molar-refractivity contribution in [1.82, 2.24) is 9.55 Å². The molecule has 4 heteroatoms. The number of nitrogen functional groups attached to an aromatic ring is 1. The van der Waals surface area contributed by atoms with Gasteiger partial charge in [-0.3, -0.25) is 0 Å². The normalized spacial score (nSPS) is 10.8. The Balaban J connectivity index is 2.88. The van der Waals surface area contributed by atoms with Gasteiger partial charge in [0.2, 0.25) is 0 Å². The topological polar surface area (TPSA) is 43.8 Å². The summed E-state index contributed by atoms with van der Waals surface area (Å²) < 4.78 is 3.05. The van der Waals surface area contributed by atoms with Crippen molar-refractivity contribution >= 4 is 32.7 Å². The van der Waals surface area contributed by atoms with E-state index >= 15 is 0 Å². The number of hydrogen-bond acceptors (Lipinski definition) is 2. The Morgan fingerprint density at radius 2 is 2.25 bits per heavy atom. The Morgan fingerprint density at radius 1 is 1.50 bits per heavy atom. The Kier molecular flexibility index (Phi) is 1.58. The molecule has 2 N–H and O–H groups in total. The third kappa shape index (κ3) is 0.992. The van der Waals surface area contributed by atoms with E-state index < -0.39 is 0 Å². The molecule has 0 aliphatic heterocycles. The van der Waals surface area contributed by atoms with Gasteiger partial charge in [-0.25, -0.2) is 4.98 Å². The molecular formula is C8H8BrN3. The lowest BCUT2D eigenvalue weighted by Gasteiger charge is -1.97. The molecule has 0 amide bonds. The van der Waals surface area contributed by atoms with Gasteiger partial charge in [-0.15, -0.1) is 0 Å². The SMILES string of the molecule is Cn1c(Br)cc2cnc(N)cc21. The molecule has 0 unspecified atom stereocenters. The zero-order valence-electron chi connectivity index (χ0n) is 6.58. The maximum absolute atomic E-state index is 5.56. The second kappa shape index (κ2) is 2.48. The number of nitrogens with zero attached hydrogens (tertiary/aromatic N) is 2. The van der Waals surface area contributed by atoms with Crippen molar-refractivity contribution < 1.29 is 0 Å². The molecule has 0 spiro atoms. The van der Waals surface area contributed by atoms with Gasteiger partial charge < -0.3 is 10.3 Å². The maximum atomic E-state index is 5.56. The highest BCUT2D eigenvalue weighted by Gasteiger charge is 2.02. The summed E-state index contributed by atoms with van der Waals surface area (Å²) >= 11 is 3.43. The molecule has 0 radical (unpaired) electrons. The standard InChI is InChI=1S/C8H8BrN3/c1-12-6-3-8(10)11-4-5(6)2-7(12)9/h2-4H,1H3,(H2,10,11). The summed E-state index contributed by atoms with van der Waals surface area (Å²) in [6, 6.07) is 3.88. The fourth-order valence-electron chi connectivity index (χ4n) is 1.21. The maximum Gasteiger partial charge on any atom is 0.125 e. The lowest BCUT2D eigenvalue weighted by atomic mass is 10.3. The van der Waals surface area contributed by atoms with Gasteiger partial charge in [-0.05, 0) is 22.0 Å². The van der Waals surface area contributed by atoms with Crippen molar-refractivity contribution in [2.45, 2.75) is 0 Å². The lowest BCUT2D eigenvalue weighted by molar-refractivity contribution is 0.940. The van der Waals surface area contributed by atoms with Gasteiger partial charge in [0.25, 0.3) is 0 Å². The molecule has 12 heavy (non-hydrogen) atoms. The van der Waals surface area contributed by atoms with Crippen LogP contribution >= 0.6 is 15.9 Å². The number of aromatic nitrogens is 2. The van der Waals surface area contributed by atoms with Crippen molar-refractivity contribution in [2.24, 2.45) is 7.05 Å². The average molecular weight is 226 g/mol. The number of aryl methyl sites for hydroxylation is 1. The number of anilines is 1. The zero-order valence-corrected chi connectivity index (χ0v) is 8.17. The molecule has 0 aliphatic rings. The van der Waals surface area contributed by atoms with E-state index in [9.17, 15) is 0 Å². The minimum Gasteiger partial charge on any atom is -0.384 e. The molecule has 2 heterocycles. The summed E-state index contributed by atoms with van der Waals surface area (Å²) in [5, 5.41) is 1.10. The Bertz CT molecular complexity index is 433. The zero-order chi connectivity index (χ0) is 8.72. The molecule has 2 aromatic rings. The predicted molar refractivity (Wildman–Crippen MR) is 52.8 cm³/mol. The quantitative estimate of drug-likeness (QED) is 0.745. The van der Waals surface area contributed by atoms with Crippen LogP contribution in [0.4, 0.5) is 5.82 Å². The summed E-state index contributed by atoms with van der Waals surface area (Å²) in [6.07, 6.45) is 1.77. The van der Waals surface area contributed by atoms with Crippen LogP contribution in [0.3, 0.4) is 0 Å². The summed E-state index contributed by atoms with van der Waals surface area (Å²) in [7, 11) is 1.98. The second-order valence-electron chi connectivity index (χ2n) is 2.69. The van der Waals surface area contributed by atoms with E-state index in [4.69, 9.17) is 5.73 Å². The van der Waals surface area contributed by atoms with Gasteiger partial charge in [0.05, 0.1) is 10.1 Å². The largest absolute Gasteiger partial charge is 0.384 e. The smallest absolute Gasteiger partial charge is 0.125 e. The number of fused-ring (bicyclic) bond motifs is 1. The molecule has 0 saturated carbocycles. The number of rotatable bonds is 0. The molecule has 2 aromatic heterocycles. The van der Waals surface area contributed by atoms with Gasteiger partial charge >= 0.3 is 0 Å². The lowest BCUT2D eigenvalue weighted by Crippen LogP contribution is -1.91. The third-order valence-electron chi connectivity index (χ3n) is 1.89. The molecule has 0 aliphatic carbocycles. The van der Waals surface area contributed by atoms with Crippen LogP contribution in [0.15, 0.2) is 22.9 Å². The number of hydrogen-bond donors (Lipinski definition) is 1. The van der Waals surface area contributed by atoms with Crippen LogP contribution in [-0.4, -0.2) is 9.55 Å². The molecule has 0 fully saturated rings. The minimum absolute atomic E-state index is 0.552. The first kappa shape index (κ1) is 7.61. The highest BCUT2D eigenvalue weighted by molar-refractivity contribution is 9.10. The third-order valence-corrected chi connectivity index (χ3v) is 2.65. The second-order valence-corrected chi connectivity index (χ2v) is 3.51.